The molecule has 0 rings (SSSR count). The summed E-state index contributed by atoms with van der Waals surface area (Å²) >= 11 is 3.99. The van der Waals surface area contributed by atoms with Crippen LogP contribution in [0, 0.1) is 0 Å². The van der Waals surface area contributed by atoms with E-state index in [1.54, 1.807) is 0 Å². The van der Waals surface area contributed by atoms with Crippen LogP contribution in [0.1, 0.15) is 52.4 Å². The third kappa shape index (κ3) is 9.26. The number of hydrogen-bond donors (Lipinski definition) is 0. The zero-order valence-corrected chi connectivity index (χ0v) is 11.8. The van der Waals surface area contributed by atoms with Gasteiger partial charge in [-0.3, -0.25) is 0 Å². The lowest BCUT2D eigenvalue weighted by atomic mass is 10.1. The lowest BCUT2D eigenvalue weighted by Crippen LogP contribution is -1.96. The summed E-state index contributed by atoms with van der Waals surface area (Å²) in [6, 6.07) is 0. The molecule has 0 aromatic carbocycles. The second-order valence-electron chi connectivity index (χ2n) is 4.08. The Bertz CT molecular complexity index is 101. The van der Waals surface area contributed by atoms with Gasteiger partial charge in [0, 0.05) is 10.5 Å². The van der Waals surface area contributed by atoms with Crippen molar-refractivity contribution in [1.82, 2.24) is 0 Å². The number of rotatable bonds is 9. The Labute approximate surface area is 99.0 Å². The molecule has 0 aliphatic carbocycles. The maximum Gasteiger partial charge on any atom is 0.00159 e. The molecule has 0 spiro atoms. The van der Waals surface area contributed by atoms with Gasteiger partial charge >= 0.3 is 0 Å². The standard InChI is InChI=1S/C12H26S2/c1-11(13-3)9-7-5-6-8-10-12(2)14-4/h11-12H,5-10H2,1-4H3. The SMILES string of the molecule is CSC(C)CCCCCCC(C)SC. The van der Waals surface area contributed by atoms with Crippen LogP contribution in [0.5, 0.6) is 0 Å². The molecule has 0 aliphatic rings. The molecule has 86 valence electrons. The highest BCUT2D eigenvalue weighted by Gasteiger charge is 2.00. The average molecular weight is 234 g/mol. The van der Waals surface area contributed by atoms with Gasteiger partial charge in [0.2, 0.25) is 0 Å². The van der Waals surface area contributed by atoms with Gasteiger partial charge in [0.1, 0.15) is 0 Å². The molecular formula is C12H26S2. The van der Waals surface area contributed by atoms with E-state index in [4.69, 9.17) is 0 Å². The van der Waals surface area contributed by atoms with Gasteiger partial charge in [-0.2, -0.15) is 23.5 Å². The van der Waals surface area contributed by atoms with Crippen molar-refractivity contribution >= 4 is 23.5 Å². The molecule has 0 nitrogen and oxygen atoms in total. The van der Waals surface area contributed by atoms with Gasteiger partial charge in [-0.1, -0.05) is 39.5 Å². The van der Waals surface area contributed by atoms with Crippen LogP contribution in [-0.2, 0) is 0 Å². The fraction of sp³-hybridized carbons (Fsp3) is 1.00. The quantitative estimate of drug-likeness (QED) is 0.524. The summed E-state index contributed by atoms with van der Waals surface area (Å²) in [7, 11) is 0. The van der Waals surface area contributed by atoms with Crippen LogP contribution in [0.4, 0.5) is 0 Å². The molecule has 0 heterocycles. The molecule has 0 aromatic rings. The van der Waals surface area contributed by atoms with Gasteiger partial charge in [0.25, 0.3) is 0 Å². The average Bonchev–Trinajstić information content (AvgIpc) is 2.22. The Morgan fingerprint density at radius 2 is 1.07 bits per heavy atom. The monoisotopic (exact) mass is 234 g/mol. The van der Waals surface area contributed by atoms with E-state index in [1.807, 2.05) is 23.5 Å². The molecule has 2 unspecified atom stereocenters. The Morgan fingerprint density at radius 1 is 0.714 bits per heavy atom. The molecule has 2 atom stereocenters. The fourth-order valence-corrected chi connectivity index (χ4v) is 2.26. The molecule has 0 aromatic heterocycles. The van der Waals surface area contributed by atoms with Crippen molar-refractivity contribution in [3.63, 3.8) is 0 Å². The topological polar surface area (TPSA) is 0 Å². The van der Waals surface area contributed by atoms with Crippen LogP contribution in [-0.4, -0.2) is 23.0 Å². The second-order valence-corrected chi connectivity index (χ2v) is 6.64. The zero-order chi connectivity index (χ0) is 10.8. The van der Waals surface area contributed by atoms with Crippen molar-refractivity contribution in [1.29, 1.82) is 0 Å². The van der Waals surface area contributed by atoms with Crippen molar-refractivity contribution < 1.29 is 0 Å². The van der Waals surface area contributed by atoms with E-state index < -0.39 is 0 Å². The van der Waals surface area contributed by atoms with Crippen LogP contribution in [0.2, 0.25) is 0 Å². The normalized spacial score (nSPS) is 15.4. The smallest absolute Gasteiger partial charge is 0.00159 e. The van der Waals surface area contributed by atoms with E-state index in [0.29, 0.717) is 0 Å². The maximum absolute atomic E-state index is 2.33. The molecule has 2 heteroatoms. The van der Waals surface area contributed by atoms with Crippen molar-refractivity contribution in [2.75, 3.05) is 12.5 Å². The van der Waals surface area contributed by atoms with Crippen LogP contribution in [0.15, 0.2) is 0 Å². The predicted octanol–water partition coefficient (Wildman–Crippen LogP) is 4.83. The van der Waals surface area contributed by atoms with E-state index in [0.717, 1.165) is 10.5 Å². The fourth-order valence-electron chi connectivity index (χ4n) is 1.45. The van der Waals surface area contributed by atoms with Crippen LogP contribution < -0.4 is 0 Å². The van der Waals surface area contributed by atoms with Gasteiger partial charge < -0.3 is 0 Å². The Hall–Kier alpha value is 0.700. The molecule has 0 amide bonds. The first-order valence-corrected chi connectivity index (χ1v) is 8.33. The number of hydrogen-bond acceptors (Lipinski definition) is 2. The highest BCUT2D eigenvalue weighted by atomic mass is 32.2. The second kappa shape index (κ2) is 10.2. The Balaban J connectivity index is 3.06. The molecule has 0 saturated carbocycles. The van der Waals surface area contributed by atoms with E-state index in [1.165, 1.54) is 38.5 Å². The van der Waals surface area contributed by atoms with E-state index in [9.17, 15) is 0 Å². The summed E-state index contributed by atoms with van der Waals surface area (Å²) in [5, 5.41) is 1.72. The van der Waals surface area contributed by atoms with Crippen LogP contribution in [0.25, 0.3) is 0 Å². The lowest BCUT2D eigenvalue weighted by Gasteiger charge is -2.09. The molecule has 0 fully saturated rings. The first kappa shape index (κ1) is 14.7. The predicted molar refractivity (Wildman–Crippen MR) is 73.7 cm³/mol. The van der Waals surface area contributed by atoms with Gasteiger partial charge in [-0.05, 0) is 25.4 Å². The minimum absolute atomic E-state index is 0.861. The summed E-state index contributed by atoms with van der Waals surface area (Å²) in [4.78, 5) is 0. The number of unbranched alkanes of at least 4 members (excludes halogenated alkanes) is 3. The summed E-state index contributed by atoms with van der Waals surface area (Å²) in [5.41, 5.74) is 0. The first-order valence-electron chi connectivity index (χ1n) is 5.76. The van der Waals surface area contributed by atoms with Crippen LogP contribution in [0.3, 0.4) is 0 Å². The van der Waals surface area contributed by atoms with Crippen molar-refractivity contribution in [2.24, 2.45) is 0 Å². The zero-order valence-electron chi connectivity index (χ0n) is 10.2. The maximum atomic E-state index is 2.33. The largest absolute Gasteiger partial charge is 0.162 e. The van der Waals surface area contributed by atoms with Crippen molar-refractivity contribution in [3.05, 3.63) is 0 Å². The molecule has 0 radical (unpaired) electrons. The summed E-state index contributed by atoms with van der Waals surface area (Å²) in [6.45, 7) is 4.67. The van der Waals surface area contributed by atoms with Gasteiger partial charge in [0.05, 0.1) is 0 Å². The number of thioether (sulfide) groups is 2. The molecule has 0 N–H and O–H groups in total. The highest BCUT2D eigenvalue weighted by Crippen LogP contribution is 2.17. The molecule has 14 heavy (non-hydrogen) atoms. The third-order valence-electron chi connectivity index (χ3n) is 2.78. The summed E-state index contributed by atoms with van der Waals surface area (Å²) in [5.74, 6) is 0. The van der Waals surface area contributed by atoms with Crippen molar-refractivity contribution in [2.45, 2.75) is 62.9 Å². The molecule has 0 aliphatic heterocycles. The van der Waals surface area contributed by atoms with E-state index >= 15 is 0 Å². The highest BCUT2D eigenvalue weighted by molar-refractivity contribution is 7.99. The van der Waals surface area contributed by atoms with Crippen LogP contribution >= 0.6 is 23.5 Å². The van der Waals surface area contributed by atoms with Gasteiger partial charge in [-0.15, -0.1) is 0 Å². The summed E-state index contributed by atoms with van der Waals surface area (Å²) < 4.78 is 0. The minimum atomic E-state index is 0.861. The Morgan fingerprint density at radius 3 is 1.36 bits per heavy atom. The van der Waals surface area contributed by atoms with E-state index in [2.05, 4.69) is 26.4 Å². The van der Waals surface area contributed by atoms with Crippen molar-refractivity contribution in [3.8, 4) is 0 Å². The Kier molecular flexibility index (Phi) is 10.7. The third-order valence-corrected chi connectivity index (χ3v) is 4.86. The minimum Gasteiger partial charge on any atom is -0.162 e. The van der Waals surface area contributed by atoms with Gasteiger partial charge in [-0.25, -0.2) is 0 Å². The molecule has 0 saturated heterocycles. The molecule has 0 bridgehead atoms. The van der Waals surface area contributed by atoms with Gasteiger partial charge in [0.15, 0.2) is 0 Å². The lowest BCUT2D eigenvalue weighted by molar-refractivity contribution is 0.592. The summed E-state index contributed by atoms with van der Waals surface area (Å²) in [6.07, 6.45) is 13.0. The first-order chi connectivity index (χ1) is 6.70. The molecular weight excluding hydrogens is 208 g/mol. The van der Waals surface area contributed by atoms with E-state index in [-0.39, 0.29) is 0 Å².